The van der Waals surface area contributed by atoms with Crippen LogP contribution in [0.5, 0.6) is 0 Å². The summed E-state index contributed by atoms with van der Waals surface area (Å²) in [7, 11) is 0. The molecule has 0 aliphatic heterocycles. The number of primary amides is 1. The van der Waals surface area contributed by atoms with Gasteiger partial charge in [-0.05, 0) is 36.1 Å². The lowest BCUT2D eigenvalue weighted by Gasteiger charge is -2.34. The van der Waals surface area contributed by atoms with Crippen LogP contribution in [0, 0.1) is 0 Å². The largest absolute Gasteiger partial charge is 0.368 e. The summed E-state index contributed by atoms with van der Waals surface area (Å²) < 4.78 is 0. The molecule has 0 heterocycles. The molecule has 3 rings (SSSR count). The molecule has 108 valence electrons. The van der Waals surface area contributed by atoms with E-state index < -0.39 is 5.54 Å². The molecule has 1 aromatic carbocycles. The van der Waals surface area contributed by atoms with E-state index in [4.69, 9.17) is 17.3 Å². The average molecular weight is 293 g/mol. The molecule has 2 aliphatic carbocycles. The van der Waals surface area contributed by atoms with Crippen LogP contribution in [-0.4, -0.2) is 17.5 Å². The van der Waals surface area contributed by atoms with Gasteiger partial charge in [0, 0.05) is 23.9 Å². The van der Waals surface area contributed by atoms with Gasteiger partial charge in [-0.15, -0.1) is 0 Å². The highest BCUT2D eigenvalue weighted by Gasteiger charge is 2.43. The highest BCUT2D eigenvalue weighted by molar-refractivity contribution is 6.30. The van der Waals surface area contributed by atoms with Gasteiger partial charge < -0.3 is 5.73 Å². The molecule has 1 aromatic rings. The summed E-state index contributed by atoms with van der Waals surface area (Å²) in [6.07, 6.45) is 7.42. The number of hydrogen-bond acceptors (Lipinski definition) is 2. The van der Waals surface area contributed by atoms with Crippen LogP contribution in [0.2, 0.25) is 5.02 Å². The van der Waals surface area contributed by atoms with E-state index >= 15 is 0 Å². The number of hydrogen-bond donors (Lipinski definition) is 2. The van der Waals surface area contributed by atoms with E-state index in [2.05, 4.69) is 5.32 Å². The van der Waals surface area contributed by atoms with Crippen molar-refractivity contribution in [1.82, 2.24) is 5.32 Å². The van der Waals surface area contributed by atoms with Crippen LogP contribution in [0.1, 0.15) is 43.2 Å². The number of halogens is 1. The standard InChI is InChI=1S/C16H21ClN2O/c17-13-7-6-11-9-16(15(18)20,10-12(11)8-13)19-14-4-2-1-3-5-14/h6-8,14,19H,1-5,9-10H2,(H2,18,20). The second-order valence-corrected chi connectivity index (χ2v) is 6.63. The first kappa shape index (κ1) is 13.9. The van der Waals surface area contributed by atoms with Gasteiger partial charge in [-0.2, -0.15) is 0 Å². The molecule has 1 fully saturated rings. The van der Waals surface area contributed by atoms with E-state index in [-0.39, 0.29) is 5.91 Å². The Balaban J connectivity index is 1.82. The van der Waals surface area contributed by atoms with Crippen molar-refractivity contribution in [2.24, 2.45) is 5.73 Å². The van der Waals surface area contributed by atoms with E-state index in [1.807, 2.05) is 18.2 Å². The van der Waals surface area contributed by atoms with E-state index in [1.54, 1.807) is 0 Å². The maximum Gasteiger partial charge on any atom is 0.238 e. The van der Waals surface area contributed by atoms with Gasteiger partial charge in [-0.25, -0.2) is 0 Å². The zero-order chi connectivity index (χ0) is 14.2. The lowest BCUT2D eigenvalue weighted by molar-refractivity contribution is -0.124. The van der Waals surface area contributed by atoms with E-state index in [9.17, 15) is 4.79 Å². The van der Waals surface area contributed by atoms with Gasteiger partial charge in [-0.3, -0.25) is 10.1 Å². The summed E-state index contributed by atoms with van der Waals surface area (Å²) in [4.78, 5) is 12.1. The fourth-order valence-electron chi connectivity index (χ4n) is 3.63. The van der Waals surface area contributed by atoms with Crippen molar-refractivity contribution in [3.8, 4) is 0 Å². The minimum atomic E-state index is -0.616. The predicted molar refractivity (Wildman–Crippen MR) is 80.8 cm³/mol. The number of amides is 1. The minimum Gasteiger partial charge on any atom is -0.368 e. The molecule has 4 heteroatoms. The van der Waals surface area contributed by atoms with Gasteiger partial charge in [0.15, 0.2) is 0 Å². The molecule has 0 radical (unpaired) electrons. The van der Waals surface area contributed by atoms with Crippen LogP contribution in [0.25, 0.3) is 0 Å². The number of nitrogens with one attached hydrogen (secondary N) is 1. The van der Waals surface area contributed by atoms with Gasteiger partial charge in [0.25, 0.3) is 0 Å². The Hall–Kier alpha value is -1.06. The Morgan fingerprint density at radius 2 is 1.90 bits per heavy atom. The second-order valence-electron chi connectivity index (χ2n) is 6.19. The highest BCUT2D eigenvalue weighted by atomic mass is 35.5. The number of carbonyl (C=O) groups excluding carboxylic acids is 1. The number of fused-ring (bicyclic) bond motifs is 1. The Bertz CT molecular complexity index is 525. The van der Waals surface area contributed by atoms with Crippen molar-refractivity contribution < 1.29 is 4.79 Å². The van der Waals surface area contributed by atoms with Crippen LogP contribution in [0.3, 0.4) is 0 Å². The molecule has 1 amide bonds. The van der Waals surface area contributed by atoms with Crippen molar-refractivity contribution in [3.63, 3.8) is 0 Å². The quantitative estimate of drug-likeness (QED) is 0.900. The van der Waals surface area contributed by atoms with Crippen molar-refractivity contribution >= 4 is 17.5 Å². The molecular formula is C16H21ClN2O. The summed E-state index contributed by atoms with van der Waals surface area (Å²) in [5.41, 5.74) is 7.46. The van der Waals surface area contributed by atoms with Crippen molar-refractivity contribution in [3.05, 3.63) is 34.3 Å². The summed E-state index contributed by atoms with van der Waals surface area (Å²) in [6.45, 7) is 0. The molecule has 1 saturated carbocycles. The third-order valence-electron chi connectivity index (χ3n) is 4.71. The Morgan fingerprint density at radius 3 is 2.60 bits per heavy atom. The van der Waals surface area contributed by atoms with E-state index in [1.165, 1.54) is 24.8 Å². The molecule has 0 saturated heterocycles. The molecule has 3 nitrogen and oxygen atoms in total. The van der Waals surface area contributed by atoms with Crippen molar-refractivity contribution in [1.29, 1.82) is 0 Å². The topological polar surface area (TPSA) is 55.1 Å². The first-order chi connectivity index (χ1) is 9.59. The van der Waals surface area contributed by atoms with Gasteiger partial charge in [-0.1, -0.05) is 36.9 Å². The van der Waals surface area contributed by atoms with Gasteiger partial charge in [0.1, 0.15) is 5.54 Å². The molecular weight excluding hydrogens is 272 g/mol. The molecule has 20 heavy (non-hydrogen) atoms. The third-order valence-corrected chi connectivity index (χ3v) is 4.95. The molecule has 1 unspecified atom stereocenters. The summed E-state index contributed by atoms with van der Waals surface area (Å²) >= 11 is 6.05. The SMILES string of the molecule is NC(=O)C1(NC2CCCCC2)Cc2ccc(Cl)cc2C1. The maximum absolute atomic E-state index is 12.1. The lowest BCUT2D eigenvalue weighted by Crippen LogP contribution is -2.59. The highest BCUT2D eigenvalue weighted by Crippen LogP contribution is 2.33. The smallest absolute Gasteiger partial charge is 0.238 e. The fraction of sp³-hybridized carbons (Fsp3) is 0.562. The zero-order valence-electron chi connectivity index (χ0n) is 11.6. The average Bonchev–Trinajstić information content (AvgIpc) is 2.78. The summed E-state index contributed by atoms with van der Waals surface area (Å²) in [5.74, 6) is -0.240. The molecule has 2 aliphatic rings. The Labute approximate surface area is 124 Å². The first-order valence-electron chi connectivity index (χ1n) is 7.44. The van der Waals surface area contributed by atoms with E-state index in [0.29, 0.717) is 18.9 Å². The van der Waals surface area contributed by atoms with Crippen molar-refractivity contribution in [2.75, 3.05) is 0 Å². The van der Waals surface area contributed by atoms with E-state index in [0.717, 1.165) is 23.4 Å². The van der Waals surface area contributed by atoms with Crippen LogP contribution in [0.4, 0.5) is 0 Å². The number of benzene rings is 1. The molecule has 0 bridgehead atoms. The monoisotopic (exact) mass is 292 g/mol. The van der Waals surface area contributed by atoms with Crippen LogP contribution in [0.15, 0.2) is 18.2 Å². The van der Waals surface area contributed by atoms with Crippen LogP contribution >= 0.6 is 11.6 Å². The molecule has 0 aromatic heterocycles. The first-order valence-corrected chi connectivity index (χ1v) is 7.82. The fourth-order valence-corrected chi connectivity index (χ4v) is 3.82. The lowest BCUT2D eigenvalue weighted by atomic mass is 9.89. The van der Waals surface area contributed by atoms with Crippen LogP contribution in [-0.2, 0) is 17.6 Å². The zero-order valence-corrected chi connectivity index (χ0v) is 12.4. The number of nitrogens with two attached hydrogens (primary N) is 1. The van der Waals surface area contributed by atoms with Crippen molar-refractivity contribution in [2.45, 2.75) is 56.5 Å². The maximum atomic E-state index is 12.1. The second kappa shape index (κ2) is 5.38. The van der Waals surface area contributed by atoms with Gasteiger partial charge >= 0.3 is 0 Å². The summed E-state index contributed by atoms with van der Waals surface area (Å²) in [5, 5.41) is 4.30. The third kappa shape index (κ3) is 2.57. The molecule has 0 spiro atoms. The predicted octanol–water partition coefficient (Wildman–Crippen LogP) is 2.58. The Morgan fingerprint density at radius 1 is 1.20 bits per heavy atom. The molecule has 1 atom stereocenters. The Kier molecular flexibility index (Phi) is 3.74. The van der Waals surface area contributed by atoms with Crippen LogP contribution < -0.4 is 11.1 Å². The molecule has 3 N–H and O–H groups in total. The summed E-state index contributed by atoms with van der Waals surface area (Å²) in [6, 6.07) is 6.29. The minimum absolute atomic E-state index is 0.240. The van der Waals surface area contributed by atoms with Gasteiger partial charge in [0.05, 0.1) is 0 Å². The number of carbonyl (C=O) groups is 1. The normalized spacial score (nSPS) is 26.4. The van der Waals surface area contributed by atoms with Gasteiger partial charge in [0.2, 0.25) is 5.91 Å². The number of rotatable bonds is 3.